The van der Waals surface area contributed by atoms with Crippen LogP contribution in [-0.4, -0.2) is 4.98 Å². The third kappa shape index (κ3) is 2.49. The van der Waals surface area contributed by atoms with Crippen molar-refractivity contribution in [1.29, 1.82) is 0 Å². The van der Waals surface area contributed by atoms with Crippen LogP contribution in [0.15, 0.2) is 91.0 Å². The van der Waals surface area contributed by atoms with Crippen molar-refractivity contribution in [3.05, 3.63) is 96.0 Å². The Kier molecular flexibility index (Phi) is 3.55. The number of nitrogens with one attached hydrogen (secondary N) is 1. The minimum Gasteiger partial charge on any atom is -0.354 e. The number of hydrogen-bond acceptors (Lipinski definition) is 0. The Morgan fingerprint density at radius 2 is 1.27 bits per heavy atom. The molecule has 5 aromatic rings. The molecule has 26 heavy (non-hydrogen) atoms. The lowest BCUT2D eigenvalue weighted by molar-refractivity contribution is 1.54. The lowest BCUT2D eigenvalue weighted by Gasteiger charge is -2.09. The summed E-state index contributed by atoms with van der Waals surface area (Å²) in [5, 5.41) is 3.13. The quantitative estimate of drug-likeness (QED) is 0.342. The second kappa shape index (κ2) is 6.05. The molecule has 1 nitrogen and oxygen atoms in total. The lowest BCUT2D eigenvalue weighted by atomic mass is 9.94. The van der Waals surface area contributed by atoms with Gasteiger partial charge in [-0.3, -0.25) is 0 Å². The standard InChI is InChI=1S/C24H16ClN/c25-19-11-12-22-21(15-19)24-20(17-9-5-2-6-10-17)13-18(14-23(24)26-22)16-7-3-1-4-8-16/h1-15,26H. The van der Waals surface area contributed by atoms with Gasteiger partial charge in [0.05, 0.1) is 0 Å². The number of aromatic nitrogens is 1. The highest BCUT2D eigenvalue weighted by molar-refractivity contribution is 6.32. The highest BCUT2D eigenvalue weighted by Gasteiger charge is 2.13. The van der Waals surface area contributed by atoms with Crippen LogP contribution in [-0.2, 0) is 0 Å². The molecule has 0 saturated heterocycles. The first-order valence-corrected chi connectivity index (χ1v) is 9.03. The summed E-state index contributed by atoms with van der Waals surface area (Å²) in [5.41, 5.74) is 7.07. The van der Waals surface area contributed by atoms with E-state index in [0.29, 0.717) is 0 Å². The van der Waals surface area contributed by atoms with Crippen LogP contribution >= 0.6 is 11.6 Å². The second-order valence-corrected chi connectivity index (χ2v) is 6.93. The fourth-order valence-corrected chi connectivity index (χ4v) is 3.82. The van der Waals surface area contributed by atoms with E-state index in [-0.39, 0.29) is 0 Å². The van der Waals surface area contributed by atoms with Gasteiger partial charge in [-0.05, 0) is 52.6 Å². The summed E-state index contributed by atoms with van der Waals surface area (Å²) in [6.07, 6.45) is 0. The Morgan fingerprint density at radius 3 is 2.00 bits per heavy atom. The third-order valence-corrected chi connectivity index (χ3v) is 5.09. The minimum atomic E-state index is 0.754. The second-order valence-electron chi connectivity index (χ2n) is 6.49. The van der Waals surface area contributed by atoms with Crippen molar-refractivity contribution in [1.82, 2.24) is 4.98 Å². The molecule has 0 aliphatic heterocycles. The van der Waals surface area contributed by atoms with Crippen molar-refractivity contribution in [3.63, 3.8) is 0 Å². The summed E-state index contributed by atoms with van der Waals surface area (Å²) in [5.74, 6) is 0. The van der Waals surface area contributed by atoms with Crippen molar-refractivity contribution in [3.8, 4) is 22.3 Å². The molecule has 0 spiro atoms. The largest absolute Gasteiger partial charge is 0.354 e. The number of fused-ring (bicyclic) bond motifs is 3. The van der Waals surface area contributed by atoms with Gasteiger partial charge in [0.1, 0.15) is 0 Å². The van der Waals surface area contributed by atoms with Crippen LogP contribution in [0.3, 0.4) is 0 Å². The van der Waals surface area contributed by atoms with Gasteiger partial charge in [0.2, 0.25) is 0 Å². The fourth-order valence-electron chi connectivity index (χ4n) is 3.65. The van der Waals surface area contributed by atoms with Crippen molar-refractivity contribution in [2.75, 3.05) is 0 Å². The van der Waals surface area contributed by atoms with E-state index >= 15 is 0 Å². The molecule has 0 amide bonds. The zero-order valence-corrected chi connectivity index (χ0v) is 14.8. The normalized spacial score (nSPS) is 11.3. The van der Waals surface area contributed by atoms with Crippen LogP contribution in [0.2, 0.25) is 5.02 Å². The molecule has 0 atom stereocenters. The Balaban J connectivity index is 1.91. The number of rotatable bonds is 2. The Bertz CT molecular complexity index is 1220. The molecule has 0 aliphatic carbocycles. The van der Waals surface area contributed by atoms with Gasteiger partial charge in [-0.15, -0.1) is 0 Å². The van der Waals surface area contributed by atoms with Crippen molar-refractivity contribution >= 4 is 33.4 Å². The molecule has 0 radical (unpaired) electrons. The molecular formula is C24H16ClN. The molecule has 0 saturated carbocycles. The van der Waals surface area contributed by atoms with E-state index in [0.717, 1.165) is 21.4 Å². The zero-order chi connectivity index (χ0) is 17.5. The predicted molar refractivity (Wildman–Crippen MR) is 112 cm³/mol. The van der Waals surface area contributed by atoms with Gasteiger partial charge in [0, 0.05) is 26.8 Å². The number of aromatic amines is 1. The van der Waals surface area contributed by atoms with Gasteiger partial charge >= 0.3 is 0 Å². The monoisotopic (exact) mass is 353 g/mol. The highest BCUT2D eigenvalue weighted by Crippen LogP contribution is 2.38. The number of halogens is 1. The molecule has 4 aromatic carbocycles. The molecule has 2 heteroatoms. The van der Waals surface area contributed by atoms with Crippen LogP contribution in [0.5, 0.6) is 0 Å². The first kappa shape index (κ1) is 15.2. The maximum absolute atomic E-state index is 6.29. The van der Waals surface area contributed by atoms with E-state index in [2.05, 4.69) is 71.7 Å². The van der Waals surface area contributed by atoms with Gasteiger partial charge in [-0.25, -0.2) is 0 Å². The van der Waals surface area contributed by atoms with E-state index in [9.17, 15) is 0 Å². The molecule has 1 N–H and O–H groups in total. The summed E-state index contributed by atoms with van der Waals surface area (Å²) in [6, 6.07) is 31.6. The van der Waals surface area contributed by atoms with E-state index in [1.807, 2.05) is 24.3 Å². The molecule has 5 rings (SSSR count). The van der Waals surface area contributed by atoms with Gasteiger partial charge in [-0.1, -0.05) is 72.3 Å². The summed E-state index contributed by atoms with van der Waals surface area (Å²) in [4.78, 5) is 3.57. The fraction of sp³-hybridized carbons (Fsp3) is 0. The van der Waals surface area contributed by atoms with E-state index in [1.54, 1.807) is 0 Å². The van der Waals surface area contributed by atoms with Crippen LogP contribution < -0.4 is 0 Å². The summed E-state index contributed by atoms with van der Waals surface area (Å²) in [7, 11) is 0. The Morgan fingerprint density at radius 1 is 0.577 bits per heavy atom. The average molecular weight is 354 g/mol. The smallest absolute Gasteiger partial charge is 0.0477 e. The van der Waals surface area contributed by atoms with Gasteiger partial charge in [-0.2, -0.15) is 0 Å². The van der Waals surface area contributed by atoms with E-state index in [4.69, 9.17) is 11.6 Å². The molecule has 1 aromatic heterocycles. The predicted octanol–water partition coefficient (Wildman–Crippen LogP) is 7.31. The SMILES string of the molecule is Clc1ccc2[nH]c3cc(-c4ccccc4)cc(-c4ccccc4)c3c2c1. The Labute approximate surface area is 156 Å². The molecule has 1 heterocycles. The summed E-state index contributed by atoms with van der Waals surface area (Å²) < 4.78 is 0. The minimum absolute atomic E-state index is 0.754. The number of hydrogen-bond donors (Lipinski definition) is 1. The molecule has 0 aliphatic rings. The topological polar surface area (TPSA) is 15.8 Å². The van der Waals surface area contributed by atoms with E-state index < -0.39 is 0 Å². The average Bonchev–Trinajstić information content (AvgIpc) is 3.06. The van der Waals surface area contributed by atoms with Crippen molar-refractivity contribution in [2.45, 2.75) is 0 Å². The van der Waals surface area contributed by atoms with E-state index in [1.165, 1.54) is 27.6 Å². The summed E-state index contributed by atoms with van der Waals surface area (Å²) in [6.45, 7) is 0. The van der Waals surface area contributed by atoms with Gasteiger partial charge in [0.15, 0.2) is 0 Å². The van der Waals surface area contributed by atoms with Crippen LogP contribution in [0, 0.1) is 0 Å². The van der Waals surface area contributed by atoms with Crippen molar-refractivity contribution < 1.29 is 0 Å². The molecule has 0 unspecified atom stereocenters. The summed E-state index contributed by atoms with van der Waals surface area (Å²) >= 11 is 6.29. The number of H-pyrrole nitrogens is 1. The molecule has 124 valence electrons. The maximum Gasteiger partial charge on any atom is 0.0477 e. The van der Waals surface area contributed by atoms with Crippen molar-refractivity contribution in [2.24, 2.45) is 0 Å². The van der Waals surface area contributed by atoms with Crippen LogP contribution in [0.4, 0.5) is 0 Å². The zero-order valence-electron chi connectivity index (χ0n) is 14.0. The highest BCUT2D eigenvalue weighted by atomic mass is 35.5. The molecule has 0 fully saturated rings. The first-order chi connectivity index (χ1) is 12.8. The first-order valence-electron chi connectivity index (χ1n) is 8.65. The third-order valence-electron chi connectivity index (χ3n) is 4.85. The van der Waals surface area contributed by atoms with Gasteiger partial charge < -0.3 is 4.98 Å². The number of benzene rings is 4. The van der Waals surface area contributed by atoms with Crippen LogP contribution in [0.1, 0.15) is 0 Å². The lowest BCUT2D eigenvalue weighted by Crippen LogP contribution is -1.84. The van der Waals surface area contributed by atoms with Crippen LogP contribution in [0.25, 0.3) is 44.1 Å². The Hall–Kier alpha value is -3.03. The van der Waals surface area contributed by atoms with Gasteiger partial charge in [0.25, 0.3) is 0 Å². The maximum atomic E-state index is 6.29. The molecular weight excluding hydrogens is 338 g/mol. The molecule has 0 bridgehead atoms.